The molecule has 0 aromatic heterocycles. The summed E-state index contributed by atoms with van der Waals surface area (Å²) in [6, 6.07) is 0. The van der Waals surface area contributed by atoms with Gasteiger partial charge in [0.25, 0.3) is 0 Å². The second kappa shape index (κ2) is 26.5. The van der Waals surface area contributed by atoms with Crippen molar-refractivity contribution in [3.8, 4) is 0 Å². The Balaban J connectivity index is 0. The molecule has 0 aliphatic carbocycles. The van der Waals surface area contributed by atoms with Crippen molar-refractivity contribution in [1.82, 2.24) is 10.2 Å². The first-order valence-corrected chi connectivity index (χ1v) is 12.2. The third-order valence-electron chi connectivity index (χ3n) is 5.39. The molecule has 0 fully saturated rings. The third kappa shape index (κ3) is 26.5. The molecule has 166 valence electrons. The van der Waals surface area contributed by atoms with E-state index in [2.05, 4.69) is 17.3 Å². The second-order valence-electron chi connectivity index (χ2n) is 8.11. The van der Waals surface area contributed by atoms with E-state index in [4.69, 9.17) is 11.6 Å². The summed E-state index contributed by atoms with van der Waals surface area (Å²) in [5.41, 5.74) is 0. The Morgan fingerprint density at radius 3 is 1.26 bits per heavy atom. The normalized spacial score (nSPS) is 11.1. The monoisotopic (exact) mass is 424 g/mol. The highest BCUT2D eigenvalue weighted by molar-refractivity contribution is 6.17. The average Bonchev–Trinajstić information content (AvgIpc) is 2.65. The minimum atomic E-state index is 0. The van der Waals surface area contributed by atoms with Crippen LogP contribution in [-0.4, -0.2) is 44.5 Å². The Kier molecular flexibility index (Phi) is 29.1. The van der Waals surface area contributed by atoms with E-state index in [9.17, 15) is 0 Å². The summed E-state index contributed by atoms with van der Waals surface area (Å²) in [6.07, 6.45) is 23.8. The molecule has 2 nitrogen and oxygen atoms in total. The molecule has 0 saturated heterocycles. The first-order valence-electron chi connectivity index (χ1n) is 11.7. The maximum absolute atomic E-state index is 5.71. The first kappa shape index (κ1) is 29.7. The van der Waals surface area contributed by atoms with E-state index in [1.807, 2.05) is 7.05 Å². The Bertz CT molecular complexity index is 253. The maximum Gasteiger partial charge on any atom is 0.0223 e. The lowest BCUT2D eigenvalue weighted by molar-refractivity contribution is 0.316. The summed E-state index contributed by atoms with van der Waals surface area (Å²) < 4.78 is 0. The molecular weight excluding hydrogens is 375 g/mol. The van der Waals surface area contributed by atoms with Crippen molar-refractivity contribution in [1.29, 1.82) is 0 Å². The van der Waals surface area contributed by atoms with Crippen LogP contribution in [0.25, 0.3) is 0 Å². The second-order valence-corrected chi connectivity index (χ2v) is 8.48. The van der Waals surface area contributed by atoms with E-state index in [0.717, 1.165) is 5.88 Å². The van der Waals surface area contributed by atoms with Gasteiger partial charge in [0.05, 0.1) is 0 Å². The molecular formula is C23H50Cl2N2. The highest BCUT2D eigenvalue weighted by atomic mass is 35.5. The number of rotatable bonds is 22. The van der Waals surface area contributed by atoms with Gasteiger partial charge in [-0.3, -0.25) is 0 Å². The summed E-state index contributed by atoms with van der Waals surface area (Å²) in [4.78, 5) is 2.49. The zero-order chi connectivity index (χ0) is 19.1. The number of hydrogen-bond acceptors (Lipinski definition) is 2. The van der Waals surface area contributed by atoms with Crippen molar-refractivity contribution < 1.29 is 0 Å². The van der Waals surface area contributed by atoms with Crippen LogP contribution < -0.4 is 5.32 Å². The molecule has 0 aliphatic heterocycles. The standard InChI is InChI=1S/C23H49ClN2.ClH/c1-25-21-17-13-11-9-7-5-3-4-6-8-10-12-14-18-22-26(2)23-19-15-16-20-24;/h25H,3-23H2,1-2H3;1H. The van der Waals surface area contributed by atoms with Crippen molar-refractivity contribution in [3.63, 3.8) is 0 Å². The number of alkyl halides is 1. The zero-order valence-electron chi connectivity index (χ0n) is 18.6. The van der Waals surface area contributed by atoms with Crippen molar-refractivity contribution in [3.05, 3.63) is 0 Å². The van der Waals surface area contributed by atoms with Gasteiger partial charge < -0.3 is 10.2 Å². The van der Waals surface area contributed by atoms with Crippen LogP contribution in [0.2, 0.25) is 0 Å². The van der Waals surface area contributed by atoms with Crippen LogP contribution >= 0.6 is 24.0 Å². The lowest BCUT2D eigenvalue weighted by Gasteiger charge is -2.16. The van der Waals surface area contributed by atoms with Gasteiger partial charge >= 0.3 is 0 Å². The summed E-state index contributed by atoms with van der Waals surface area (Å²) in [6.45, 7) is 3.70. The number of nitrogens with zero attached hydrogens (tertiary/aromatic N) is 1. The van der Waals surface area contributed by atoms with Gasteiger partial charge in [-0.25, -0.2) is 0 Å². The van der Waals surface area contributed by atoms with Gasteiger partial charge in [0, 0.05) is 5.88 Å². The highest BCUT2D eigenvalue weighted by Crippen LogP contribution is 2.13. The predicted molar refractivity (Wildman–Crippen MR) is 128 cm³/mol. The van der Waals surface area contributed by atoms with E-state index in [-0.39, 0.29) is 12.4 Å². The van der Waals surface area contributed by atoms with Crippen molar-refractivity contribution in [2.24, 2.45) is 0 Å². The fourth-order valence-electron chi connectivity index (χ4n) is 3.57. The fourth-order valence-corrected chi connectivity index (χ4v) is 3.76. The molecule has 0 radical (unpaired) electrons. The predicted octanol–water partition coefficient (Wildman–Crippen LogP) is 7.43. The topological polar surface area (TPSA) is 15.3 Å². The molecule has 0 unspecified atom stereocenters. The molecule has 27 heavy (non-hydrogen) atoms. The van der Waals surface area contributed by atoms with E-state index in [1.54, 1.807) is 0 Å². The van der Waals surface area contributed by atoms with E-state index in [1.165, 1.54) is 129 Å². The van der Waals surface area contributed by atoms with Crippen molar-refractivity contribution >= 4 is 24.0 Å². The molecule has 0 spiro atoms. The molecule has 1 N–H and O–H groups in total. The number of halogens is 2. The lowest BCUT2D eigenvalue weighted by atomic mass is 10.0. The summed E-state index contributed by atoms with van der Waals surface area (Å²) in [7, 11) is 4.31. The van der Waals surface area contributed by atoms with Crippen LogP contribution in [-0.2, 0) is 0 Å². The van der Waals surface area contributed by atoms with Crippen LogP contribution in [0.1, 0.15) is 109 Å². The molecule has 0 aliphatic rings. The summed E-state index contributed by atoms with van der Waals surface area (Å²) in [5, 5.41) is 3.22. The fraction of sp³-hybridized carbons (Fsp3) is 1.00. The quantitative estimate of drug-likeness (QED) is 0.143. The van der Waals surface area contributed by atoms with Crippen molar-refractivity contribution in [2.75, 3.05) is 39.6 Å². The minimum absolute atomic E-state index is 0. The Morgan fingerprint density at radius 2 is 0.889 bits per heavy atom. The zero-order valence-corrected chi connectivity index (χ0v) is 20.2. The summed E-state index contributed by atoms with van der Waals surface area (Å²) in [5.74, 6) is 0.820. The Labute approximate surface area is 183 Å². The molecule has 0 bridgehead atoms. The molecule has 0 saturated carbocycles. The largest absolute Gasteiger partial charge is 0.320 e. The van der Waals surface area contributed by atoms with Gasteiger partial charge in [-0.1, -0.05) is 83.5 Å². The maximum atomic E-state index is 5.71. The molecule has 0 aromatic carbocycles. The molecule has 0 aromatic rings. The van der Waals surface area contributed by atoms with Gasteiger partial charge in [0.2, 0.25) is 0 Å². The van der Waals surface area contributed by atoms with Gasteiger partial charge in [-0.05, 0) is 59.4 Å². The molecule has 0 heterocycles. The number of hydrogen-bond donors (Lipinski definition) is 1. The highest BCUT2D eigenvalue weighted by Gasteiger charge is 1.99. The van der Waals surface area contributed by atoms with Crippen LogP contribution in [0.3, 0.4) is 0 Å². The smallest absolute Gasteiger partial charge is 0.0223 e. The Morgan fingerprint density at radius 1 is 0.556 bits per heavy atom. The van der Waals surface area contributed by atoms with Crippen molar-refractivity contribution in [2.45, 2.75) is 109 Å². The third-order valence-corrected chi connectivity index (χ3v) is 5.66. The Hall–Kier alpha value is 0.500. The lowest BCUT2D eigenvalue weighted by Crippen LogP contribution is -2.20. The van der Waals surface area contributed by atoms with E-state index < -0.39 is 0 Å². The van der Waals surface area contributed by atoms with Gasteiger partial charge in [-0.15, -0.1) is 24.0 Å². The molecule has 0 atom stereocenters. The SMILES string of the molecule is CNCCCCCCCCCCCCCCCCN(C)CCCCCCl.Cl. The number of unbranched alkanes of at least 4 members (excludes halogenated alkanes) is 15. The molecule has 0 rings (SSSR count). The van der Waals surface area contributed by atoms with E-state index in [0.29, 0.717) is 0 Å². The van der Waals surface area contributed by atoms with Gasteiger partial charge in [0.15, 0.2) is 0 Å². The molecule has 0 amide bonds. The minimum Gasteiger partial charge on any atom is -0.320 e. The van der Waals surface area contributed by atoms with Crippen LogP contribution in [0.5, 0.6) is 0 Å². The average molecular weight is 426 g/mol. The van der Waals surface area contributed by atoms with Crippen LogP contribution in [0.15, 0.2) is 0 Å². The molecule has 4 heteroatoms. The van der Waals surface area contributed by atoms with Gasteiger partial charge in [0.1, 0.15) is 0 Å². The summed E-state index contributed by atoms with van der Waals surface area (Å²) >= 11 is 5.71. The van der Waals surface area contributed by atoms with Crippen LogP contribution in [0, 0.1) is 0 Å². The van der Waals surface area contributed by atoms with E-state index >= 15 is 0 Å². The van der Waals surface area contributed by atoms with Crippen LogP contribution in [0.4, 0.5) is 0 Å². The van der Waals surface area contributed by atoms with Gasteiger partial charge in [-0.2, -0.15) is 0 Å². The first-order chi connectivity index (χ1) is 12.8. The number of nitrogens with one attached hydrogen (secondary N) is 1.